The van der Waals surface area contributed by atoms with Crippen LogP contribution < -0.4 is 4.74 Å². The molecule has 0 radical (unpaired) electrons. The highest BCUT2D eigenvalue weighted by Crippen LogP contribution is 2.53. The zero-order valence-corrected chi connectivity index (χ0v) is 16.6. The number of nitrogens with zero attached hydrogens (tertiary/aromatic N) is 2. The third kappa shape index (κ3) is 2.44. The third-order valence-corrected chi connectivity index (χ3v) is 6.82. The number of benzene rings is 3. The zero-order chi connectivity index (χ0) is 20.2. The molecule has 2 aliphatic rings. The van der Waals surface area contributed by atoms with Gasteiger partial charge in [0.05, 0.1) is 15.5 Å². The van der Waals surface area contributed by atoms with Crippen LogP contribution in [-0.2, 0) is 0 Å². The molecule has 0 amide bonds. The van der Waals surface area contributed by atoms with E-state index < -0.39 is 0 Å². The topological polar surface area (TPSA) is 57.3 Å². The summed E-state index contributed by atoms with van der Waals surface area (Å²) >= 11 is 1.69. The molecule has 0 N–H and O–H groups in total. The first-order valence-electron chi connectivity index (χ1n) is 9.68. The van der Waals surface area contributed by atoms with Crippen LogP contribution in [0.1, 0.15) is 17.0 Å². The van der Waals surface area contributed by atoms with Gasteiger partial charge in [-0.2, -0.15) is 0 Å². The molecule has 0 saturated heterocycles. The number of aromatic nitrogens is 1. The maximum absolute atomic E-state index is 11.4. The van der Waals surface area contributed by atoms with Gasteiger partial charge in [-0.1, -0.05) is 48.2 Å². The van der Waals surface area contributed by atoms with E-state index in [2.05, 4.69) is 40.3 Å². The first-order chi connectivity index (χ1) is 14.7. The van der Waals surface area contributed by atoms with Gasteiger partial charge >= 0.3 is 0 Å². The monoisotopic (exact) mass is 412 g/mol. The molecule has 6 rings (SSSR count). The van der Waals surface area contributed by atoms with Gasteiger partial charge in [0, 0.05) is 40.3 Å². The molecule has 3 aromatic carbocycles. The fourth-order valence-electron chi connectivity index (χ4n) is 4.50. The van der Waals surface area contributed by atoms with Crippen molar-refractivity contribution in [2.75, 3.05) is 6.61 Å². The SMILES string of the molecule is O=[N+]([O-])c1ccc2c(c1)C1C(=CSc3c1c1ccccc1n3-c1ccccc1)CO2. The smallest absolute Gasteiger partial charge is 0.270 e. The maximum atomic E-state index is 11.4. The Hall–Kier alpha value is -3.51. The molecule has 0 bridgehead atoms. The second-order valence-corrected chi connectivity index (χ2v) is 8.28. The second kappa shape index (κ2) is 6.50. The van der Waals surface area contributed by atoms with Crippen molar-refractivity contribution in [3.05, 3.63) is 105 Å². The molecule has 146 valence electrons. The summed E-state index contributed by atoms with van der Waals surface area (Å²) in [5.41, 5.74) is 5.52. The Labute approximate surface area is 176 Å². The third-order valence-electron chi connectivity index (χ3n) is 5.77. The number of ether oxygens (including phenoxy) is 1. The highest BCUT2D eigenvalue weighted by Gasteiger charge is 2.36. The van der Waals surface area contributed by atoms with Crippen molar-refractivity contribution >= 4 is 28.4 Å². The van der Waals surface area contributed by atoms with Gasteiger partial charge < -0.3 is 9.30 Å². The fourth-order valence-corrected chi connectivity index (χ4v) is 5.63. The van der Waals surface area contributed by atoms with Crippen LogP contribution in [-0.4, -0.2) is 16.1 Å². The number of nitro groups is 1. The molecule has 1 aromatic heterocycles. The van der Waals surface area contributed by atoms with Gasteiger partial charge in [0.15, 0.2) is 0 Å². The minimum atomic E-state index is -0.343. The number of non-ortho nitro benzene ring substituents is 1. The van der Waals surface area contributed by atoms with Crippen LogP contribution in [0.25, 0.3) is 16.6 Å². The van der Waals surface area contributed by atoms with Gasteiger partial charge in [0.2, 0.25) is 0 Å². The summed E-state index contributed by atoms with van der Waals surface area (Å²) in [6.07, 6.45) is 0. The molecular formula is C24H16N2O3S. The van der Waals surface area contributed by atoms with E-state index in [0.717, 1.165) is 33.1 Å². The Morgan fingerprint density at radius 2 is 1.83 bits per heavy atom. The highest BCUT2D eigenvalue weighted by molar-refractivity contribution is 8.02. The van der Waals surface area contributed by atoms with E-state index in [1.807, 2.05) is 24.3 Å². The van der Waals surface area contributed by atoms with Gasteiger partial charge in [-0.3, -0.25) is 10.1 Å². The fraction of sp³-hybridized carbons (Fsp3) is 0.0833. The number of hydrogen-bond donors (Lipinski definition) is 0. The molecule has 3 heterocycles. The molecular weight excluding hydrogens is 396 g/mol. The van der Waals surface area contributed by atoms with Crippen molar-refractivity contribution in [1.82, 2.24) is 4.57 Å². The van der Waals surface area contributed by atoms with E-state index in [4.69, 9.17) is 4.74 Å². The van der Waals surface area contributed by atoms with Crippen molar-refractivity contribution in [3.63, 3.8) is 0 Å². The Kier molecular flexibility index (Phi) is 3.76. The van der Waals surface area contributed by atoms with Gasteiger partial charge in [-0.05, 0) is 35.2 Å². The molecule has 1 atom stereocenters. The van der Waals surface area contributed by atoms with Crippen molar-refractivity contribution in [1.29, 1.82) is 0 Å². The Balaban J connectivity index is 1.67. The molecule has 0 aliphatic carbocycles. The van der Waals surface area contributed by atoms with Crippen LogP contribution >= 0.6 is 11.8 Å². The summed E-state index contributed by atoms with van der Waals surface area (Å²) in [6.45, 7) is 0.493. The van der Waals surface area contributed by atoms with Crippen LogP contribution in [0.2, 0.25) is 0 Å². The number of fused-ring (bicyclic) bond motifs is 7. The van der Waals surface area contributed by atoms with Crippen molar-refractivity contribution in [2.45, 2.75) is 10.9 Å². The van der Waals surface area contributed by atoms with Gasteiger partial charge in [-0.25, -0.2) is 0 Å². The van der Waals surface area contributed by atoms with Crippen molar-refractivity contribution < 1.29 is 9.66 Å². The zero-order valence-electron chi connectivity index (χ0n) is 15.8. The summed E-state index contributed by atoms with van der Waals surface area (Å²) in [6, 6.07) is 23.6. The Morgan fingerprint density at radius 1 is 1.03 bits per heavy atom. The second-order valence-electron chi connectivity index (χ2n) is 7.42. The van der Waals surface area contributed by atoms with Gasteiger partial charge in [-0.15, -0.1) is 0 Å². The molecule has 0 spiro atoms. The molecule has 1 unspecified atom stereocenters. The predicted octanol–water partition coefficient (Wildman–Crippen LogP) is 6.05. The average Bonchev–Trinajstić information content (AvgIpc) is 3.13. The largest absolute Gasteiger partial charge is 0.489 e. The van der Waals surface area contributed by atoms with E-state index in [1.165, 1.54) is 17.0 Å². The molecule has 5 nitrogen and oxygen atoms in total. The average molecular weight is 412 g/mol. The van der Waals surface area contributed by atoms with Crippen LogP contribution in [0.4, 0.5) is 5.69 Å². The van der Waals surface area contributed by atoms with E-state index >= 15 is 0 Å². The van der Waals surface area contributed by atoms with Crippen molar-refractivity contribution in [3.8, 4) is 11.4 Å². The van der Waals surface area contributed by atoms with Crippen LogP contribution in [0, 0.1) is 10.1 Å². The van der Waals surface area contributed by atoms with Crippen LogP contribution in [0.5, 0.6) is 5.75 Å². The minimum Gasteiger partial charge on any atom is -0.489 e. The van der Waals surface area contributed by atoms with E-state index in [9.17, 15) is 10.1 Å². The van der Waals surface area contributed by atoms with Crippen LogP contribution in [0.3, 0.4) is 0 Å². The number of hydrogen-bond acceptors (Lipinski definition) is 4. The molecule has 2 aliphatic heterocycles. The number of rotatable bonds is 2. The minimum absolute atomic E-state index is 0.0558. The Morgan fingerprint density at radius 3 is 2.67 bits per heavy atom. The lowest BCUT2D eigenvalue weighted by atomic mass is 9.83. The van der Waals surface area contributed by atoms with Crippen molar-refractivity contribution in [2.24, 2.45) is 0 Å². The first kappa shape index (κ1) is 17.4. The quantitative estimate of drug-likeness (QED) is 0.297. The first-order valence-corrected chi connectivity index (χ1v) is 10.6. The van der Waals surface area contributed by atoms with Crippen LogP contribution in [0.15, 0.2) is 88.8 Å². The number of nitro benzene ring substituents is 1. The summed E-state index contributed by atoms with van der Waals surface area (Å²) in [5, 5.41) is 15.9. The summed E-state index contributed by atoms with van der Waals surface area (Å²) < 4.78 is 8.22. The lowest BCUT2D eigenvalue weighted by Crippen LogP contribution is -2.21. The lowest BCUT2D eigenvalue weighted by Gasteiger charge is -2.31. The molecule has 6 heteroatoms. The summed E-state index contributed by atoms with van der Waals surface area (Å²) in [4.78, 5) is 11.1. The standard InChI is InChI=1S/C24H16N2O3S/c27-26(28)17-10-11-21-19(12-17)22-15(13-29-21)14-30-24-23(22)18-8-4-5-9-20(18)25(24)16-6-2-1-3-7-16/h1-12,14,22H,13H2. The van der Waals surface area contributed by atoms with Gasteiger partial charge in [0.25, 0.3) is 5.69 Å². The Bertz CT molecular complexity index is 1360. The molecule has 4 aromatic rings. The molecule has 0 fully saturated rings. The van der Waals surface area contributed by atoms with E-state index in [-0.39, 0.29) is 16.5 Å². The number of thioether (sulfide) groups is 1. The molecule has 0 saturated carbocycles. The lowest BCUT2D eigenvalue weighted by molar-refractivity contribution is -0.385. The van der Waals surface area contributed by atoms with Gasteiger partial charge in [0.1, 0.15) is 12.4 Å². The maximum Gasteiger partial charge on any atom is 0.270 e. The number of para-hydroxylation sites is 2. The molecule has 30 heavy (non-hydrogen) atoms. The van der Waals surface area contributed by atoms with E-state index in [1.54, 1.807) is 23.9 Å². The normalized spacial score (nSPS) is 16.8. The van der Waals surface area contributed by atoms with E-state index in [0.29, 0.717) is 6.61 Å². The highest BCUT2D eigenvalue weighted by atomic mass is 32.2. The summed E-state index contributed by atoms with van der Waals surface area (Å²) in [5.74, 6) is 0.664. The predicted molar refractivity (Wildman–Crippen MR) is 118 cm³/mol. The summed E-state index contributed by atoms with van der Waals surface area (Å²) in [7, 11) is 0.